The van der Waals surface area contributed by atoms with Gasteiger partial charge in [-0.15, -0.1) is 0 Å². The molecule has 0 bridgehead atoms. The maximum absolute atomic E-state index is 2.66. The van der Waals surface area contributed by atoms with E-state index in [1.807, 2.05) is 0 Å². The molecule has 1 saturated carbocycles. The first-order valence-electron chi connectivity index (χ1n) is 4.47. The number of hydrogen-bond donors (Lipinski definition) is 0. The molecule has 1 fully saturated rings. The summed E-state index contributed by atoms with van der Waals surface area (Å²) in [5.41, 5.74) is 0. The molecule has 0 spiro atoms. The van der Waals surface area contributed by atoms with Gasteiger partial charge in [-0.3, -0.25) is 0 Å². The van der Waals surface area contributed by atoms with Crippen molar-refractivity contribution in [3.8, 4) is 0 Å². The van der Waals surface area contributed by atoms with Gasteiger partial charge in [0.05, 0.1) is 20.8 Å². The first-order chi connectivity index (χ1) is 4.80. The van der Waals surface area contributed by atoms with E-state index >= 15 is 0 Å². The molecule has 0 heterocycles. The number of hydrogen-bond acceptors (Lipinski definition) is 1. The van der Waals surface area contributed by atoms with Crippen LogP contribution in [0.25, 0.3) is 0 Å². The Morgan fingerprint density at radius 3 is 1.80 bits per heavy atom. The Kier molecular flexibility index (Phi) is 3.66. The average molecular weight is 173 g/mol. The van der Waals surface area contributed by atoms with E-state index in [9.17, 15) is 0 Å². The van der Waals surface area contributed by atoms with Crippen LogP contribution in [0.1, 0.15) is 38.5 Å². The monoisotopic (exact) mass is 173 g/mol. The summed E-state index contributed by atoms with van der Waals surface area (Å²) in [6.07, 6.45) is 8.96. The van der Waals surface area contributed by atoms with Crippen molar-refractivity contribution in [3.63, 3.8) is 0 Å². The summed E-state index contributed by atoms with van der Waals surface area (Å²) in [5, 5.41) is 0. The van der Waals surface area contributed by atoms with E-state index in [1.54, 1.807) is 0 Å². The molecule has 0 aromatic carbocycles. The molecular weight excluding hydrogens is 154 g/mol. The Hall–Kier alpha value is 0.394. The second-order valence-corrected chi connectivity index (χ2v) is 8.22. The maximum Gasteiger partial charge on any atom is 0.0700 e. The van der Waals surface area contributed by atoms with Crippen molar-refractivity contribution in [1.82, 2.24) is 4.23 Å². The van der Waals surface area contributed by atoms with Gasteiger partial charge in [-0.2, -0.15) is 0 Å². The summed E-state index contributed by atoms with van der Waals surface area (Å²) < 4.78 is 2.66. The highest BCUT2D eigenvalue weighted by Crippen LogP contribution is 2.19. The quantitative estimate of drug-likeness (QED) is 0.384. The van der Waals surface area contributed by atoms with Crippen molar-refractivity contribution >= 4 is 20.8 Å². The van der Waals surface area contributed by atoms with E-state index in [0.717, 1.165) is 6.04 Å². The molecule has 0 aromatic rings. The lowest BCUT2D eigenvalue weighted by Gasteiger charge is -2.22. The van der Waals surface area contributed by atoms with Crippen molar-refractivity contribution in [1.29, 1.82) is 0 Å². The van der Waals surface area contributed by atoms with Gasteiger partial charge < -0.3 is 4.23 Å². The number of rotatable bonds is 1. The number of nitrogens with zero attached hydrogens (tertiary/aromatic N) is 1. The summed E-state index contributed by atoms with van der Waals surface area (Å²) in [6.45, 7) is 0. The van der Waals surface area contributed by atoms with Crippen LogP contribution < -0.4 is 0 Å². The molecule has 0 saturated heterocycles. The van der Waals surface area contributed by atoms with E-state index < -0.39 is 0 Å². The predicted molar refractivity (Wildman–Crippen MR) is 53.2 cm³/mol. The Bertz CT molecular complexity index is 87.6. The topological polar surface area (TPSA) is 3.24 Å². The zero-order valence-electron chi connectivity index (χ0n) is 7.27. The molecule has 3 heteroatoms. The highest BCUT2D eigenvalue weighted by atomic mass is 28.2. The van der Waals surface area contributed by atoms with E-state index in [0.29, 0.717) is 0 Å². The van der Waals surface area contributed by atoms with Gasteiger partial charge >= 0.3 is 0 Å². The van der Waals surface area contributed by atoms with Crippen LogP contribution in [0, 0.1) is 0 Å². The van der Waals surface area contributed by atoms with Crippen LogP contribution in [0.3, 0.4) is 0 Å². The predicted octanol–water partition coefficient (Wildman–Crippen LogP) is -0.428. The molecule has 0 unspecified atom stereocenters. The molecule has 10 heavy (non-hydrogen) atoms. The van der Waals surface area contributed by atoms with Crippen molar-refractivity contribution in [3.05, 3.63) is 0 Å². The fourth-order valence-electron chi connectivity index (χ4n) is 1.77. The minimum Gasteiger partial charge on any atom is -0.358 e. The first-order valence-corrected chi connectivity index (χ1v) is 6.26. The fraction of sp³-hybridized carbons (Fsp3) is 1.00. The second kappa shape index (κ2) is 4.31. The molecule has 0 aromatic heterocycles. The van der Waals surface area contributed by atoms with Crippen LogP contribution in [0.5, 0.6) is 0 Å². The summed E-state index contributed by atoms with van der Waals surface area (Å²) in [6, 6.07) is 1.00. The molecule has 1 nitrogen and oxygen atoms in total. The SMILES string of the molecule is [SiH3]N([SiH3])C1CCCCCC1. The van der Waals surface area contributed by atoms with Crippen LogP contribution in [-0.4, -0.2) is 31.1 Å². The van der Waals surface area contributed by atoms with Crippen LogP contribution in [-0.2, 0) is 0 Å². The highest BCUT2D eigenvalue weighted by Gasteiger charge is 2.12. The fourth-order valence-corrected chi connectivity index (χ4v) is 2.81. The summed E-state index contributed by atoms with van der Waals surface area (Å²) in [7, 11) is 2.61. The third-order valence-corrected chi connectivity index (χ3v) is 4.02. The highest BCUT2D eigenvalue weighted by molar-refractivity contribution is 6.25. The third-order valence-electron chi connectivity index (χ3n) is 2.55. The van der Waals surface area contributed by atoms with E-state index in [-0.39, 0.29) is 0 Å². The van der Waals surface area contributed by atoms with Crippen molar-refractivity contribution in [2.45, 2.75) is 44.6 Å². The summed E-state index contributed by atoms with van der Waals surface area (Å²) in [5.74, 6) is 0. The van der Waals surface area contributed by atoms with Gasteiger partial charge in [0.1, 0.15) is 0 Å². The van der Waals surface area contributed by atoms with E-state index in [2.05, 4.69) is 4.23 Å². The van der Waals surface area contributed by atoms with Crippen LogP contribution >= 0.6 is 0 Å². The lowest BCUT2D eigenvalue weighted by Crippen LogP contribution is -2.29. The van der Waals surface area contributed by atoms with Gasteiger partial charge in [-0.25, -0.2) is 0 Å². The first kappa shape index (κ1) is 8.49. The normalized spacial score (nSPS) is 23.7. The van der Waals surface area contributed by atoms with E-state index in [1.165, 1.54) is 59.3 Å². The standard InChI is InChI=1S/C7H19NSi2/c9-8(10)7-5-3-1-2-4-6-7/h7H,1-6H2,9-10H3. The second-order valence-electron chi connectivity index (χ2n) is 3.61. The Morgan fingerprint density at radius 2 is 1.40 bits per heavy atom. The van der Waals surface area contributed by atoms with Crippen LogP contribution in [0.4, 0.5) is 0 Å². The largest absolute Gasteiger partial charge is 0.358 e. The third kappa shape index (κ3) is 2.56. The maximum atomic E-state index is 2.66. The molecular formula is C7H19NSi2. The van der Waals surface area contributed by atoms with Gasteiger partial charge in [0.2, 0.25) is 0 Å². The minimum absolute atomic E-state index is 1.00. The van der Waals surface area contributed by atoms with Crippen molar-refractivity contribution in [2.75, 3.05) is 0 Å². The molecule has 0 atom stereocenters. The molecule has 1 aliphatic carbocycles. The van der Waals surface area contributed by atoms with Crippen molar-refractivity contribution in [2.24, 2.45) is 0 Å². The Morgan fingerprint density at radius 1 is 0.900 bits per heavy atom. The molecule has 60 valence electrons. The molecule has 0 aliphatic heterocycles. The smallest absolute Gasteiger partial charge is 0.0700 e. The van der Waals surface area contributed by atoms with Crippen molar-refractivity contribution < 1.29 is 0 Å². The van der Waals surface area contributed by atoms with Gasteiger partial charge in [0.25, 0.3) is 0 Å². The average Bonchev–Trinajstić information content (AvgIpc) is 2.12. The summed E-state index contributed by atoms with van der Waals surface area (Å²) in [4.78, 5) is 0. The van der Waals surface area contributed by atoms with Gasteiger partial charge in [-0.05, 0) is 18.9 Å². The van der Waals surface area contributed by atoms with Gasteiger partial charge in [0.15, 0.2) is 0 Å². The van der Waals surface area contributed by atoms with E-state index in [4.69, 9.17) is 0 Å². The minimum atomic E-state index is 1.00. The Balaban J connectivity index is 2.28. The van der Waals surface area contributed by atoms with Gasteiger partial charge in [0, 0.05) is 0 Å². The molecule has 0 amide bonds. The van der Waals surface area contributed by atoms with Crippen LogP contribution in [0.15, 0.2) is 0 Å². The molecule has 0 radical (unpaired) electrons. The molecule has 1 aliphatic rings. The van der Waals surface area contributed by atoms with Gasteiger partial charge in [-0.1, -0.05) is 25.7 Å². The zero-order valence-corrected chi connectivity index (χ0v) is 11.3. The molecule has 1 rings (SSSR count). The Labute approximate surface area is 70.2 Å². The lowest BCUT2D eigenvalue weighted by molar-refractivity contribution is 0.431. The summed E-state index contributed by atoms with van der Waals surface area (Å²) >= 11 is 0. The lowest BCUT2D eigenvalue weighted by atomic mass is 10.1. The van der Waals surface area contributed by atoms with Crippen LogP contribution in [0.2, 0.25) is 0 Å². The molecule has 0 N–H and O–H groups in total. The zero-order chi connectivity index (χ0) is 7.40.